The van der Waals surface area contributed by atoms with Crippen molar-refractivity contribution in [2.24, 2.45) is 11.1 Å². The Bertz CT molecular complexity index is 491. The van der Waals surface area contributed by atoms with Crippen molar-refractivity contribution in [1.82, 2.24) is 4.90 Å². The average molecular weight is 353 g/mol. The lowest BCUT2D eigenvalue weighted by Gasteiger charge is -2.42. The normalized spacial score (nSPS) is 21.6. The highest BCUT2D eigenvalue weighted by molar-refractivity contribution is 5.85. The van der Waals surface area contributed by atoms with E-state index in [1.54, 1.807) is 0 Å². The van der Waals surface area contributed by atoms with Crippen LogP contribution in [0.4, 0.5) is 13.2 Å². The topological polar surface area (TPSA) is 38.5 Å². The third-order valence-corrected chi connectivity index (χ3v) is 4.25. The van der Waals surface area contributed by atoms with Gasteiger partial charge in [-0.1, -0.05) is 13.8 Å². The van der Waals surface area contributed by atoms with Gasteiger partial charge in [0.1, 0.15) is 12.4 Å². The highest BCUT2D eigenvalue weighted by Crippen LogP contribution is 2.30. The van der Waals surface area contributed by atoms with Crippen molar-refractivity contribution < 1.29 is 17.9 Å². The van der Waals surface area contributed by atoms with Gasteiger partial charge < -0.3 is 10.5 Å². The molecule has 23 heavy (non-hydrogen) atoms. The number of likely N-dealkylation sites (tertiary alicyclic amines) is 1. The number of piperidine rings is 1. The fourth-order valence-electron chi connectivity index (χ4n) is 2.71. The first-order valence-corrected chi connectivity index (χ1v) is 7.46. The number of benzene rings is 1. The van der Waals surface area contributed by atoms with Crippen LogP contribution in [0.1, 0.15) is 25.8 Å². The van der Waals surface area contributed by atoms with Gasteiger partial charge in [-0.25, -0.2) is 0 Å². The van der Waals surface area contributed by atoms with Crippen LogP contribution in [0.3, 0.4) is 0 Å². The molecule has 0 radical (unpaired) electrons. The molecule has 0 spiro atoms. The minimum absolute atomic E-state index is 0. The molecule has 0 saturated carbocycles. The Balaban J connectivity index is 0.00000264. The van der Waals surface area contributed by atoms with Gasteiger partial charge in [-0.05, 0) is 42.6 Å². The molecule has 7 heteroatoms. The lowest BCUT2D eigenvalue weighted by atomic mass is 9.80. The molecule has 1 fully saturated rings. The number of halogens is 4. The van der Waals surface area contributed by atoms with Crippen LogP contribution in [-0.2, 0) is 6.18 Å². The van der Waals surface area contributed by atoms with Crippen LogP contribution in [0.5, 0.6) is 5.75 Å². The summed E-state index contributed by atoms with van der Waals surface area (Å²) in [6, 6.07) is 5.01. The second-order valence-electron chi connectivity index (χ2n) is 6.53. The van der Waals surface area contributed by atoms with E-state index in [2.05, 4.69) is 18.7 Å². The zero-order valence-electron chi connectivity index (χ0n) is 13.4. The maximum atomic E-state index is 12.5. The van der Waals surface area contributed by atoms with Gasteiger partial charge in [0.05, 0.1) is 5.56 Å². The Morgan fingerprint density at radius 2 is 1.87 bits per heavy atom. The molecule has 2 N–H and O–H groups in total. The van der Waals surface area contributed by atoms with Crippen molar-refractivity contribution in [2.75, 3.05) is 26.2 Å². The predicted octanol–water partition coefficient (Wildman–Crippen LogP) is 3.57. The second-order valence-corrected chi connectivity index (χ2v) is 6.53. The second kappa shape index (κ2) is 7.73. The van der Waals surface area contributed by atoms with Crippen LogP contribution in [-0.4, -0.2) is 37.2 Å². The molecule has 1 aromatic rings. The van der Waals surface area contributed by atoms with Crippen LogP contribution >= 0.6 is 12.4 Å². The summed E-state index contributed by atoms with van der Waals surface area (Å²) in [5, 5.41) is 0. The third kappa shape index (κ3) is 5.55. The summed E-state index contributed by atoms with van der Waals surface area (Å²) in [5.74, 6) is 0.459. The Labute approximate surface area is 141 Å². The van der Waals surface area contributed by atoms with Crippen molar-refractivity contribution in [3.8, 4) is 5.75 Å². The van der Waals surface area contributed by atoms with Crippen molar-refractivity contribution in [1.29, 1.82) is 0 Å². The summed E-state index contributed by atoms with van der Waals surface area (Å²) >= 11 is 0. The summed E-state index contributed by atoms with van der Waals surface area (Å²) in [6.07, 6.45) is -3.36. The van der Waals surface area contributed by atoms with Gasteiger partial charge in [0.25, 0.3) is 0 Å². The maximum Gasteiger partial charge on any atom is 0.416 e. The SMILES string of the molecule is CC1(C)CN(CCOc2ccc(C(F)(F)F)cc2)CCC1N.Cl. The molecule has 3 nitrogen and oxygen atoms in total. The van der Waals surface area contributed by atoms with E-state index >= 15 is 0 Å². The van der Waals surface area contributed by atoms with Gasteiger partial charge >= 0.3 is 6.18 Å². The average Bonchev–Trinajstić information content (AvgIpc) is 2.42. The van der Waals surface area contributed by atoms with E-state index < -0.39 is 11.7 Å². The lowest BCUT2D eigenvalue weighted by molar-refractivity contribution is -0.137. The molecule has 0 amide bonds. The van der Waals surface area contributed by atoms with Gasteiger partial charge in [0.2, 0.25) is 0 Å². The molecule has 0 bridgehead atoms. The first kappa shape index (κ1) is 20.1. The Hall–Kier alpha value is -0.980. The van der Waals surface area contributed by atoms with E-state index in [0.717, 1.165) is 38.2 Å². The van der Waals surface area contributed by atoms with Gasteiger partial charge in [0, 0.05) is 19.1 Å². The third-order valence-electron chi connectivity index (χ3n) is 4.25. The first-order valence-electron chi connectivity index (χ1n) is 7.46. The molecule has 1 heterocycles. The monoisotopic (exact) mass is 352 g/mol. The van der Waals surface area contributed by atoms with Crippen molar-refractivity contribution in [2.45, 2.75) is 32.5 Å². The number of rotatable bonds is 4. The molecule has 1 aliphatic heterocycles. The Morgan fingerprint density at radius 1 is 1.26 bits per heavy atom. The maximum absolute atomic E-state index is 12.5. The molecule has 0 aromatic heterocycles. The Morgan fingerprint density at radius 3 is 2.39 bits per heavy atom. The quantitative estimate of drug-likeness (QED) is 0.900. The molecular weight excluding hydrogens is 329 g/mol. The first-order chi connectivity index (χ1) is 10.2. The molecular formula is C16H24ClF3N2O. The Kier molecular flexibility index (Phi) is 6.74. The van der Waals surface area contributed by atoms with E-state index in [-0.39, 0.29) is 23.9 Å². The zero-order chi connectivity index (χ0) is 16.4. The summed E-state index contributed by atoms with van der Waals surface area (Å²) in [5.41, 5.74) is 5.51. The van der Waals surface area contributed by atoms with E-state index in [9.17, 15) is 13.2 Å². The zero-order valence-corrected chi connectivity index (χ0v) is 14.2. The van der Waals surface area contributed by atoms with Crippen LogP contribution in [0, 0.1) is 5.41 Å². The molecule has 1 saturated heterocycles. The lowest BCUT2D eigenvalue weighted by Crippen LogP contribution is -2.53. The summed E-state index contributed by atoms with van der Waals surface area (Å²) in [7, 11) is 0. The van der Waals surface area contributed by atoms with Crippen molar-refractivity contribution >= 4 is 12.4 Å². The smallest absolute Gasteiger partial charge is 0.416 e. The van der Waals surface area contributed by atoms with E-state index in [0.29, 0.717) is 12.4 Å². The molecule has 1 aromatic carbocycles. The number of hydrogen-bond donors (Lipinski definition) is 1. The predicted molar refractivity (Wildman–Crippen MR) is 87.0 cm³/mol. The molecule has 132 valence electrons. The van der Waals surface area contributed by atoms with Gasteiger partial charge in [-0.15, -0.1) is 12.4 Å². The van der Waals surface area contributed by atoms with Crippen molar-refractivity contribution in [3.05, 3.63) is 29.8 Å². The minimum atomic E-state index is -4.31. The molecule has 0 aliphatic carbocycles. The molecule has 1 unspecified atom stereocenters. The minimum Gasteiger partial charge on any atom is -0.492 e. The van der Waals surface area contributed by atoms with Gasteiger partial charge in [0.15, 0.2) is 0 Å². The summed E-state index contributed by atoms with van der Waals surface area (Å²) in [6.45, 7) is 7.35. The van der Waals surface area contributed by atoms with E-state index in [1.807, 2.05) is 0 Å². The standard InChI is InChI=1S/C16H23F3N2O.ClH/c1-15(2)11-21(8-7-14(15)20)9-10-22-13-5-3-12(4-6-13)16(17,18)19;/h3-6,14H,7-11,20H2,1-2H3;1H. The fourth-order valence-corrected chi connectivity index (χ4v) is 2.71. The molecule has 1 atom stereocenters. The fraction of sp³-hybridized carbons (Fsp3) is 0.625. The number of hydrogen-bond acceptors (Lipinski definition) is 3. The number of alkyl halides is 3. The number of ether oxygens (including phenoxy) is 1. The molecule has 2 rings (SSSR count). The van der Waals surface area contributed by atoms with E-state index in [4.69, 9.17) is 10.5 Å². The van der Waals surface area contributed by atoms with Crippen LogP contribution in [0.2, 0.25) is 0 Å². The number of nitrogens with two attached hydrogens (primary N) is 1. The molecule has 1 aliphatic rings. The highest BCUT2D eigenvalue weighted by atomic mass is 35.5. The number of nitrogens with zero attached hydrogens (tertiary/aromatic N) is 1. The summed E-state index contributed by atoms with van der Waals surface area (Å²) < 4.78 is 42.9. The van der Waals surface area contributed by atoms with E-state index in [1.165, 1.54) is 12.1 Å². The van der Waals surface area contributed by atoms with Crippen molar-refractivity contribution in [3.63, 3.8) is 0 Å². The largest absolute Gasteiger partial charge is 0.492 e. The van der Waals surface area contributed by atoms with Crippen LogP contribution in [0.15, 0.2) is 24.3 Å². The summed E-state index contributed by atoms with van der Waals surface area (Å²) in [4.78, 5) is 2.29. The van der Waals surface area contributed by atoms with Crippen LogP contribution in [0.25, 0.3) is 0 Å². The highest BCUT2D eigenvalue weighted by Gasteiger charge is 2.33. The van der Waals surface area contributed by atoms with Crippen LogP contribution < -0.4 is 10.5 Å². The van der Waals surface area contributed by atoms with Gasteiger partial charge in [-0.2, -0.15) is 13.2 Å². The van der Waals surface area contributed by atoms with Gasteiger partial charge in [-0.3, -0.25) is 4.90 Å².